The van der Waals surface area contributed by atoms with E-state index >= 15 is 0 Å². The summed E-state index contributed by atoms with van der Waals surface area (Å²) in [7, 11) is 0. The summed E-state index contributed by atoms with van der Waals surface area (Å²) in [6.07, 6.45) is 4.79. The Morgan fingerprint density at radius 1 is 1.14 bits per heavy atom. The lowest BCUT2D eigenvalue weighted by molar-refractivity contribution is 0.0354. The fourth-order valence-electron chi connectivity index (χ4n) is 2.92. The summed E-state index contributed by atoms with van der Waals surface area (Å²) in [6.45, 7) is 6.22. The summed E-state index contributed by atoms with van der Waals surface area (Å²) in [5.74, 6) is 1.65. The van der Waals surface area contributed by atoms with Gasteiger partial charge in [-0.25, -0.2) is 0 Å². The first-order valence-corrected chi connectivity index (χ1v) is 8.87. The summed E-state index contributed by atoms with van der Waals surface area (Å²) in [5.41, 5.74) is 1.40. The minimum atomic E-state index is 0.264. The average molecular weight is 357 g/mol. The molecule has 1 aromatic carbocycles. The van der Waals surface area contributed by atoms with Crippen LogP contribution in [0.25, 0.3) is 0 Å². The van der Waals surface area contributed by atoms with Gasteiger partial charge in [0.1, 0.15) is 0 Å². The van der Waals surface area contributed by atoms with Gasteiger partial charge in [-0.15, -0.1) is 0 Å². The van der Waals surface area contributed by atoms with Gasteiger partial charge in [-0.05, 0) is 30.5 Å². The number of fused-ring (bicyclic) bond motifs is 1. The normalized spacial score (nSPS) is 13.7. The van der Waals surface area contributed by atoms with E-state index in [4.69, 9.17) is 14.2 Å². The summed E-state index contributed by atoms with van der Waals surface area (Å²) in [5, 5.41) is 1.00. The first-order valence-electron chi connectivity index (χ1n) is 7.75. The molecule has 0 atom stereocenters. The van der Waals surface area contributed by atoms with Crippen LogP contribution in [-0.2, 0) is 11.3 Å². The Morgan fingerprint density at radius 3 is 2.52 bits per heavy atom. The highest BCUT2D eigenvalue weighted by atomic mass is 79.9. The Hall–Kier alpha value is -0.740. The van der Waals surface area contributed by atoms with E-state index in [0.29, 0.717) is 13.4 Å². The van der Waals surface area contributed by atoms with Crippen LogP contribution in [0.1, 0.15) is 45.1 Å². The summed E-state index contributed by atoms with van der Waals surface area (Å²) >= 11 is 3.69. The van der Waals surface area contributed by atoms with Crippen LogP contribution in [-0.4, -0.2) is 18.7 Å². The predicted octanol–water partition coefficient (Wildman–Crippen LogP) is 4.91. The summed E-state index contributed by atoms with van der Waals surface area (Å²) in [6, 6.07) is 6.01. The van der Waals surface area contributed by atoms with Crippen LogP contribution in [0.5, 0.6) is 11.5 Å². The minimum Gasteiger partial charge on any atom is -0.454 e. The third-order valence-corrected chi connectivity index (χ3v) is 5.15. The van der Waals surface area contributed by atoms with Gasteiger partial charge in [0, 0.05) is 10.7 Å². The second-order valence-corrected chi connectivity index (χ2v) is 6.37. The van der Waals surface area contributed by atoms with Crippen molar-refractivity contribution in [3.63, 3.8) is 0 Å². The highest BCUT2D eigenvalue weighted by Crippen LogP contribution is 2.34. The van der Waals surface area contributed by atoms with Gasteiger partial charge in [-0.2, -0.15) is 0 Å². The Labute approximate surface area is 136 Å². The molecule has 2 rings (SSSR count). The van der Waals surface area contributed by atoms with E-state index in [1.165, 1.54) is 25.7 Å². The molecule has 0 aromatic heterocycles. The fourth-order valence-corrected chi connectivity index (χ4v) is 3.64. The Bertz CT molecular complexity index is 442. The SMILES string of the molecule is CCCC(CBr)(CCC)COCc1ccc2c(c1)OCO2. The van der Waals surface area contributed by atoms with Gasteiger partial charge in [0.15, 0.2) is 11.5 Å². The van der Waals surface area contributed by atoms with E-state index < -0.39 is 0 Å². The Kier molecular flexibility index (Phi) is 6.37. The van der Waals surface area contributed by atoms with Crippen molar-refractivity contribution in [1.82, 2.24) is 0 Å². The maximum Gasteiger partial charge on any atom is 0.231 e. The lowest BCUT2D eigenvalue weighted by Crippen LogP contribution is -2.28. The zero-order chi connectivity index (χ0) is 15.1. The maximum absolute atomic E-state index is 6.01. The number of hydrogen-bond acceptors (Lipinski definition) is 3. The van der Waals surface area contributed by atoms with Gasteiger partial charge in [-0.1, -0.05) is 48.7 Å². The van der Waals surface area contributed by atoms with E-state index in [-0.39, 0.29) is 5.41 Å². The monoisotopic (exact) mass is 356 g/mol. The van der Waals surface area contributed by atoms with Gasteiger partial charge < -0.3 is 14.2 Å². The fraction of sp³-hybridized carbons (Fsp3) is 0.647. The van der Waals surface area contributed by atoms with Crippen molar-refractivity contribution in [2.24, 2.45) is 5.41 Å². The number of halogens is 1. The van der Waals surface area contributed by atoms with Gasteiger partial charge in [0.05, 0.1) is 13.2 Å². The summed E-state index contributed by atoms with van der Waals surface area (Å²) in [4.78, 5) is 0. The molecular formula is C17H25BrO3. The molecule has 3 nitrogen and oxygen atoms in total. The molecule has 0 bridgehead atoms. The first kappa shape index (κ1) is 16.6. The molecule has 0 aliphatic carbocycles. The third kappa shape index (κ3) is 4.36. The first-order chi connectivity index (χ1) is 10.2. The van der Waals surface area contributed by atoms with E-state index in [1.807, 2.05) is 18.2 Å². The van der Waals surface area contributed by atoms with Gasteiger partial charge in [-0.3, -0.25) is 0 Å². The van der Waals surface area contributed by atoms with Gasteiger partial charge in [0.2, 0.25) is 6.79 Å². The highest BCUT2D eigenvalue weighted by Gasteiger charge is 2.27. The molecule has 4 heteroatoms. The third-order valence-electron chi connectivity index (χ3n) is 3.96. The number of alkyl halides is 1. The summed E-state index contributed by atoms with van der Waals surface area (Å²) < 4.78 is 16.7. The largest absolute Gasteiger partial charge is 0.454 e. The second-order valence-electron chi connectivity index (χ2n) is 5.81. The number of hydrogen-bond donors (Lipinski definition) is 0. The molecule has 0 fully saturated rings. The molecule has 1 aliphatic rings. The number of rotatable bonds is 9. The lowest BCUT2D eigenvalue weighted by atomic mass is 9.82. The van der Waals surface area contributed by atoms with Crippen molar-refractivity contribution in [3.05, 3.63) is 23.8 Å². The highest BCUT2D eigenvalue weighted by molar-refractivity contribution is 9.09. The van der Waals surface area contributed by atoms with Crippen LogP contribution in [0.3, 0.4) is 0 Å². The molecule has 0 saturated heterocycles. The van der Waals surface area contributed by atoms with Gasteiger partial charge in [0.25, 0.3) is 0 Å². The predicted molar refractivity (Wildman–Crippen MR) is 88.3 cm³/mol. The molecule has 1 heterocycles. The Balaban J connectivity index is 1.89. The Morgan fingerprint density at radius 2 is 1.86 bits per heavy atom. The molecule has 0 N–H and O–H groups in total. The maximum atomic E-state index is 6.01. The molecule has 0 radical (unpaired) electrons. The second kappa shape index (κ2) is 8.04. The molecule has 21 heavy (non-hydrogen) atoms. The number of benzene rings is 1. The zero-order valence-corrected chi connectivity index (χ0v) is 14.6. The standard InChI is InChI=1S/C17H25BrO3/c1-3-7-17(11-18,8-4-2)12-19-10-14-5-6-15-16(9-14)21-13-20-15/h5-6,9H,3-4,7-8,10-13H2,1-2H3. The molecule has 0 unspecified atom stereocenters. The van der Waals surface area contributed by atoms with Crippen molar-refractivity contribution in [1.29, 1.82) is 0 Å². The van der Waals surface area contributed by atoms with Crippen LogP contribution >= 0.6 is 15.9 Å². The topological polar surface area (TPSA) is 27.7 Å². The molecule has 1 aliphatic heterocycles. The van der Waals surface area contributed by atoms with E-state index in [2.05, 4.69) is 29.8 Å². The van der Waals surface area contributed by atoms with Crippen molar-refractivity contribution in [2.75, 3.05) is 18.7 Å². The van der Waals surface area contributed by atoms with Crippen LogP contribution in [0.15, 0.2) is 18.2 Å². The van der Waals surface area contributed by atoms with Crippen molar-refractivity contribution < 1.29 is 14.2 Å². The average Bonchev–Trinajstić information content (AvgIpc) is 2.95. The van der Waals surface area contributed by atoms with Gasteiger partial charge >= 0.3 is 0 Å². The van der Waals surface area contributed by atoms with Crippen LogP contribution in [0.2, 0.25) is 0 Å². The van der Waals surface area contributed by atoms with Crippen molar-refractivity contribution in [2.45, 2.75) is 46.1 Å². The van der Waals surface area contributed by atoms with E-state index in [0.717, 1.165) is 29.0 Å². The quantitative estimate of drug-likeness (QED) is 0.588. The zero-order valence-electron chi connectivity index (χ0n) is 13.0. The van der Waals surface area contributed by atoms with E-state index in [1.54, 1.807) is 0 Å². The molecule has 0 amide bonds. The van der Waals surface area contributed by atoms with Crippen molar-refractivity contribution >= 4 is 15.9 Å². The molecular weight excluding hydrogens is 332 g/mol. The smallest absolute Gasteiger partial charge is 0.231 e. The molecule has 0 spiro atoms. The molecule has 0 saturated carbocycles. The lowest BCUT2D eigenvalue weighted by Gasteiger charge is -2.31. The van der Waals surface area contributed by atoms with Crippen molar-refractivity contribution in [3.8, 4) is 11.5 Å². The molecule has 1 aromatic rings. The van der Waals surface area contributed by atoms with Crippen LogP contribution in [0, 0.1) is 5.41 Å². The van der Waals surface area contributed by atoms with Crippen LogP contribution < -0.4 is 9.47 Å². The molecule has 118 valence electrons. The van der Waals surface area contributed by atoms with E-state index in [9.17, 15) is 0 Å². The number of ether oxygens (including phenoxy) is 3. The van der Waals surface area contributed by atoms with Crippen LogP contribution in [0.4, 0.5) is 0 Å². The minimum absolute atomic E-state index is 0.264.